The van der Waals surface area contributed by atoms with Gasteiger partial charge in [0, 0.05) is 31.1 Å². The Bertz CT molecular complexity index is 928. The number of rotatable bonds is 5. The van der Waals surface area contributed by atoms with Gasteiger partial charge in [-0.15, -0.1) is 0 Å². The molecule has 2 aromatic rings. The van der Waals surface area contributed by atoms with Gasteiger partial charge in [-0.2, -0.15) is 0 Å². The number of amides is 2. The lowest BCUT2D eigenvalue weighted by atomic mass is 9.85. The Labute approximate surface area is 163 Å². The fourth-order valence-electron chi connectivity index (χ4n) is 4.04. The first kappa shape index (κ1) is 18.5. The maximum Gasteiger partial charge on any atom is 0.254 e. The fourth-order valence-corrected chi connectivity index (χ4v) is 4.04. The first-order valence-electron chi connectivity index (χ1n) is 9.62. The molecular weight excluding hydrogens is 356 g/mol. The molecule has 2 aliphatic rings. The number of carbonyl (C=O) groups is 2. The van der Waals surface area contributed by atoms with Gasteiger partial charge in [0.2, 0.25) is 0 Å². The highest BCUT2D eigenvalue weighted by atomic mass is 16.5. The highest BCUT2D eigenvalue weighted by molar-refractivity contribution is 6.02. The van der Waals surface area contributed by atoms with Crippen LogP contribution >= 0.6 is 0 Å². The smallest absolute Gasteiger partial charge is 0.254 e. The average molecular weight is 380 g/mol. The number of carbonyl (C=O) groups excluding carboxylic acids is 2. The van der Waals surface area contributed by atoms with Gasteiger partial charge in [-0.3, -0.25) is 9.59 Å². The molecule has 1 aliphatic carbocycles. The second-order valence-electron chi connectivity index (χ2n) is 7.40. The minimum atomic E-state index is -0.773. The minimum absolute atomic E-state index is 0.223. The van der Waals surface area contributed by atoms with Crippen LogP contribution in [-0.2, 0) is 0 Å². The van der Waals surface area contributed by atoms with E-state index in [0.29, 0.717) is 29.8 Å². The molecule has 0 aromatic heterocycles. The quantitative estimate of drug-likeness (QED) is 0.742. The lowest BCUT2D eigenvalue weighted by molar-refractivity contribution is 0.0942. The van der Waals surface area contributed by atoms with Crippen LogP contribution in [0.5, 0.6) is 5.75 Å². The van der Waals surface area contributed by atoms with Gasteiger partial charge in [0.1, 0.15) is 11.4 Å². The van der Waals surface area contributed by atoms with Crippen LogP contribution in [0.25, 0.3) is 0 Å². The topological polar surface area (TPSA) is 87.7 Å². The predicted molar refractivity (Wildman–Crippen MR) is 105 cm³/mol. The van der Waals surface area contributed by atoms with Crippen LogP contribution in [0.2, 0.25) is 0 Å². The van der Waals surface area contributed by atoms with Gasteiger partial charge in [0.25, 0.3) is 11.8 Å². The van der Waals surface area contributed by atoms with Crippen LogP contribution in [-0.4, -0.2) is 42.2 Å². The number of hydrogen-bond donors (Lipinski definition) is 3. The zero-order chi connectivity index (χ0) is 19.9. The van der Waals surface area contributed by atoms with E-state index in [-0.39, 0.29) is 17.7 Å². The summed E-state index contributed by atoms with van der Waals surface area (Å²) in [6.07, 6.45) is 0.704. The van der Waals surface area contributed by atoms with E-state index in [2.05, 4.69) is 10.6 Å². The summed E-state index contributed by atoms with van der Waals surface area (Å²) in [6, 6.07) is 13.1. The number of hydrogen-bond acceptors (Lipinski definition) is 4. The summed E-state index contributed by atoms with van der Waals surface area (Å²) < 4.78 is 6.21. The number of benzene rings is 2. The predicted octanol–water partition coefficient (Wildman–Crippen LogP) is 2.21. The standard InChI is InChI=1S/C22H24N2O4/c1-3-9-24-20(26)14-10-15-18(13-7-5-4-6-8-13)22(12-17(22)25)28-19(15)16(11-14)21(27)23-2/h4-8,10-11,17-18,25H,3,9,12H2,1-2H3,(H,23,27)(H,24,26)/t17?,18-,22?/m0/s1. The van der Waals surface area contributed by atoms with Crippen LogP contribution < -0.4 is 15.4 Å². The molecule has 2 unspecified atom stereocenters. The van der Waals surface area contributed by atoms with Crippen molar-refractivity contribution in [1.29, 1.82) is 0 Å². The van der Waals surface area contributed by atoms with Gasteiger partial charge in [0.15, 0.2) is 0 Å². The fraction of sp³-hybridized carbons (Fsp3) is 0.364. The van der Waals surface area contributed by atoms with Crippen molar-refractivity contribution in [2.75, 3.05) is 13.6 Å². The molecule has 1 fully saturated rings. The Morgan fingerprint density at radius 1 is 1.21 bits per heavy atom. The third-order valence-corrected chi connectivity index (χ3v) is 5.53. The van der Waals surface area contributed by atoms with E-state index in [1.54, 1.807) is 19.2 Å². The number of fused-ring (bicyclic) bond motifs is 1. The molecule has 0 radical (unpaired) electrons. The molecule has 4 rings (SSSR count). The Balaban J connectivity index is 1.87. The van der Waals surface area contributed by atoms with E-state index in [1.807, 2.05) is 37.3 Å². The molecule has 0 saturated heterocycles. The summed E-state index contributed by atoms with van der Waals surface area (Å²) >= 11 is 0. The van der Waals surface area contributed by atoms with Crippen LogP contribution in [0.3, 0.4) is 0 Å². The first-order valence-corrected chi connectivity index (χ1v) is 9.62. The Hall–Kier alpha value is -2.86. The minimum Gasteiger partial charge on any atom is -0.482 e. The van der Waals surface area contributed by atoms with Crippen LogP contribution in [0.1, 0.15) is 57.5 Å². The van der Waals surface area contributed by atoms with Gasteiger partial charge < -0.3 is 20.5 Å². The van der Waals surface area contributed by atoms with Gasteiger partial charge in [-0.25, -0.2) is 0 Å². The molecular formula is C22H24N2O4. The van der Waals surface area contributed by atoms with Crippen molar-refractivity contribution in [3.05, 3.63) is 64.7 Å². The summed E-state index contributed by atoms with van der Waals surface area (Å²) in [5, 5.41) is 15.9. The number of aliphatic hydroxyl groups excluding tert-OH is 1. The number of ether oxygens (including phenoxy) is 1. The third kappa shape index (κ3) is 2.85. The highest BCUT2D eigenvalue weighted by Gasteiger charge is 2.66. The molecule has 6 nitrogen and oxygen atoms in total. The van der Waals surface area contributed by atoms with Crippen LogP contribution in [0, 0.1) is 0 Å². The van der Waals surface area contributed by atoms with E-state index in [0.717, 1.165) is 17.5 Å². The summed E-state index contributed by atoms with van der Waals surface area (Å²) in [5.41, 5.74) is 1.73. The third-order valence-electron chi connectivity index (χ3n) is 5.53. The van der Waals surface area contributed by atoms with E-state index in [4.69, 9.17) is 4.74 Å². The highest BCUT2D eigenvalue weighted by Crippen LogP contribution is 2.61. The lowest BCUT2D eigenvalue weighted by Gasteiger charge is -2.19. The maximum atomic E-state index is 12.6. The molecule has 146 valence electrons. The van der Waals surface area contributed by atoms with Crippen molar-refractivity contribution in [2.45, 2.75) is 37.4 Å². The van der Waals surface area contributed by atoms with Crippen molar-refractivity contribution in [2.24, 2.45) is 0 Å². The zero-order valence-corrected chi connectivity index (χ0v) is 16.0. The molecule has 6 heteroatoms. The van der Waals surface area contributed by atoms with Crippen molar-refractivity contribution in [1.82, 2.24) is 10.6 Å². The largest absolute Gasteiger partial charge is 0.482 e. The maximum absolute atomic E-state index is 12.6. The van der Waals surface area contributed by atoms with Crippen LogP contribution in [0.4, 0.5) is 0 Å². The van der Waals surface area contributed by atoms with E-state index in [1.165, 1.54) is 0 Å². The normalized spacial score (nSPS) is 24.4. The van der Waals surface area contributed by atoms with Gasteiger partial charge in [-0.05, 0) is 24.1 Å². The Morgan fingerprint density at radius 2 is 1.93 bits per heavy atom. The Morgan fingerprint density at radius 3 is 2.54 bits per heavy atom. The Kier molecular flexibility index (Phi) is 4.59. The van der Waals surface area contributed by atoms with E-state index in [9.17, 15) is 14.7 Å². The monoisotopic (exact) mass is 380 g/mol. The van der Waals surface area contributed by atoms with Crippen molar-refractivity contribution in [3.63, 3.8) is 0 Å². The molecule has 2 aromatic carbocycles. The summed E-state index contributed by atoms with van der Waals surface area (Å²) in [5.74, 6) is -0.322. The number of aliphatic hydroxyl groups is 1. The van der Waals surface area contributed by atoms with Crippen molar-refractivity contribution < 1.29 is 19.4 Å². The first-order chi connectivity index (χ1) is 13.5. The van der Waals surface area contributed by atoms with E-state index >= 15 is 0 Å². The van der Waals surface area contributed by atoms with Gasteiger partial charge >= 0.3 is 0 Å². The molecule has 1 heterocycles. The summed E-state index contributed by atoms with van der Waals surface area (Å²) in [4.78, 5) is 25.2. The number of nitrogens with one attached hydrogen (secondary N) is 2. The van der Waals surface area contributed by atoms with Crippen molar-refractivity contribution in [3.8, 4) is 5.75 Å². The second-order valence-corrected chi connectivity index (χ2v) is 7.40. The summed E-state index contributed by atoms with van der Waals surface area (Å²) in [7, 11) is 1.55. The van der Waals surface area contributed by atoms with Crippen molar-refractivity contribution >= 4 is 11.8 Å². The van der Waals surface area contributed by atoms with E-state index < -0.39 is 11.7 Å². The lowest BCUT2D eigenvalue weighted by Crippen LogP contribution is -2.26. The molecule has 0 bridgehead atoms. The average Bonchev–Trinajstić information content (AvgIpc) is 3.22. The zero-order valence-electron chi connectivity index (χ0n) is 16.0. The van der Waals surface area contributed by atoms with Gasteiger partial charge in [0.05, 0.1) is 17.6 Å². The molecule has 2 amide bonds. The molecule has 28 heavy (non-hydrogen) atoms. The molecule has 3 atom stereocenters. The molecule has 3 N–H and O–H groups in total. The molecule has 1 spiro atoms. The molecule has 1 aliphatic heterocycles. The van der Waals surface area contributed by atoms with Crippen LogP contribution in [0.15, 0.2) is 42.5 Å². The SMILES string of the molecule is CCCNC(=O)c1cc(C(=O)NC)c2c(c1)[C@H](c1ccccc1)C1(CC1O)O2. The molecule has 1 saturated carbocycles. The second kappa shape index (κ2) is 6.95. The van der Waals surface area contributed by atoms with Gasteiger partial charge in [-0.1, -0.05) is 37.3 Å². The summed E-state index contributed by atoms with van der Waals surface area (Å²) in [6.45, 7) is 2.54.